The normalized spacial score (nSPS) is 14.5. The van der Waals surface area contributed by atoms with Crippen molar-refractivity contribution < 1.29 is 14.3 Å². The molecule has 0 atom stereocenters. The SMILES string of the molecule is Cc1cccc(COc2c(Br)cc(/C=C3\N=C(c4cc(I)ccc4Cl)OC3=O)cc2Br)c1. The molecule has 0 N–H and O–H groups in total. The molecule has 1 aliphatic rings. The second-order valence-corrected chi connectivity index (χ2v) is 10.4. The Bertz CT molecular complexity index is 1270. The van der Waals surface area contributed by atoms with Gasteiger partial charge in [-0.2, -0.15) is 0 Å². The summed E-state index contributed by atoms with van der Waals surface area (Å²) in [5.74, 6) is 0.348. The van der Waals surface area contributed by atoms with E-state index in [0.717, 1.165) is 23.6 Å². The van der Waals surface area contributed by atoms with Gasteiger partial charge < -0.3 is 9.47 Å². The first kappa shape index (κ1) is 23.5. The van der Waals surface area contributed by atoms with Gasteiger partial charge in [-0.1, -0.05) is 41.4 Å². The van der Waals surface area contributed by atoms with Crippen molar-refractivity contribution in [2.24, 2.45) is 4.99 Å². The highest BCUT2D eigenvalue weighted by Gasteiger charge is 2.26. The summed E-state index contributed by atoms with van der Waals surface area (Å²) in [7, 11) is 0. The number of aryl methyl sites for hydroxylation is 1. The first-order valence-electron chi connectivity index (χ1n) is 9.45. The molecule has 0 amide bonds. The Morgan fingerprint density at radius 2 is 1.88 bits per heavy atom. The van der Waals surface area contributed by atoms with E-state index in [2.05, 4.69) is 65.5 Å². The van der Waals surface area contributed by atoms with Crippen LogP contribution in [0.25, 0.3) is 6.08 Å². The monoisotopic (exact) mass is 685 g/mol. The summed E-state index contributed by atoms with van der Waals surface area (Å²) in [6.07, 6.45) is 1.66. The quantitative estimate of drug-likeness (QED) is 0.157. The molecule has 0 aliphatic carbocycles. The van der Waals surface area contributed by atoms with Crippen LogP contribution in [0.1, 0.15) is 22.3 Å². The number of rotatable bonds is 5. The number of hydrogen-bond donors (Lipinski definition) is 0. The van der Waals surface area contributed by atoms with Crippen molar-refractivity contribution in [3.05, 3.63) is 100 Å². The number of nitrogens with zero attached hydrogens (tertiary/aromatic N) is 1. The molecule has 0 aromatic heterocycles. The maximum atomic E-state index is 12.4. The largest absolute Gasteiger partial charge is 0.487 e. The van der Waals surface area contributed by atoms with E-state index in [4.69, 9.17) is 21.1 Å². The maximum absolute atomic E-state index is 12.4. The van der Waals surface area contributed by atoms with Crippen molar-refractivity contribution in [3.63, 3.8) is 0 Å². The Morgan fingerprint density at radius 1 is 1.12 bits per heavy atom. The third-order valence-corrected chi connectivity index (χ3v) is 6.75. The third kappa shape index (κ3) is 5.44. The molecule has 0 spiro atoms. The van der Waals surface area contributed by atoms with Crippen LogP contribution in [0.2, 0.25) is 5.02 Å². The topological polar surface area (TPSA) is 47.9 Å². The average molecular weight is 688 g/mol. The molecule has 4 nitrogen and oxygen atoms in total. The summed E-state index contributed by atoms with van der Waals surface area (Å²) in [6, 6.07) is 17.3. The van der Waals surface area contributed by atoms with Crippen molar-refractivity contribution in [2.45, 2.75) is 13.5 Å². The van der Waals surface area contributed by atoms with Gasteiger partial charge in [0.1, 0.15) is 12.4 Å². The van der Waals surface area contributed by atoms with E-state index >= 15 is 0 Å². The zero-order valence-electron chi connectivity index (χ0n) is 16.7. The number of ether oxygens (including phenoxy) is 2. The predicted molar refractivity (Wildman–Crippen MR) is 142 cm³/mol. The fraction of sp³-hybridized carbons (Fsp3) is 0.0833. The summed E-state index contributed by atoms with van der Waals surface area (Å²) >= 11 is 15.5. The Labute approximate surface area is 221 Å². The number of hydrogen-bond acceptors (Lipinski definition) is 4. The van der Waals surface area contributed by atoms with Gasteiger partial charge in [-0.25, -0.2) is 9.79 Å². The van der Waals surface area contributed by atoms with Crippen LogP contribution in [0.3, 0.4) is 0 Å². The van der Waals surface area contributed by atoms with Gasteiger partial charge >= 0.3 is 5.97 Å². The van der Waals surface area contributed by atoms with E-state index in [9.17, 15) is 4.79 Å². The Kier molecular flexibility index (Phi) is 7.39. The number of benzene rings is 3. The number of esters is 1. The van der Waals surface area contributed by atoms with Crippen LogP contribution in [0, 0.1) is 10.5 Å². The van der Waals surface area contributed by atoms with Gasteiger partial charge in [0.05, 0.1) is 19.5 Å². The molecule has 0 fully saturated rings. The Balaban J connectivity index is 1.58. The highest BCUT2D eigenvalue weighted by atomic mass is 127. The molecule has 0 bridgehead atoms. The summed E-state index contributed by atoms with van der Waals surface area (Å²) in [5, 5.41) is 0.471. The summed E-state index contributed by atoms with van der Waals surface area (Å²) in [5.41, 5.74) is 3.80. The summed E-state index contributed by atoms with van der Waals surface area (Å²) in [4.78, 5) is 16.7. The van der Waals surface area contributed by atoms with Gasteiger partial charge in [-0.15, -0.1) is 0 Å². The number of cyclic esters (lactones) is 1. The van der Waals surface area contributed by atoms with Gasteiger partial charge in [0.25, 0.3) is 0 Å². The van der Waals surface area contributed by atoms with Crippen LogP contribution < -0.4 is 4.74 Å². The first-order valence-corrected chi connectivity index (χ1v) is 12.5. The van der Waals surface area contributed by atoms with E-state index in [0.29, 0.717) is 22.9 Å². The molecule has 0 unspecified atom stereocenters. The zero-order valence-corrected chi connectivity index (χ0v) is 22.7. The molecule has 1 heterocycles. The van der Waals surface area contributed by atoms with E-state index in [1.807, 2.05) is 49.4 Å². The maximum Gasteiger partial charge on any atom is 0.363 e. The second-order valence-electron chi connectivity index (χ2n) is 7.05. The van der Waals surface area contributed by atoms with Gasteiger partial charge in [-0.05, 0) is 109 Å². The second kappa shape index (κ2) is 10.1. The molecule has 1 aliphatic heterocycles. The van der Waals surface area contributed by atoms with Crippen molar-refractivity contribution in [2.75, 3.05) is 0 Å². The molecule has 3 aromatic rings. The van der Waals surface area contributed by atoms with E-state index in [1.54, 1.807) is 12.1 Å². The molecular formula is C24H15Br2ClINO3. The van der Waals surface area contributed by atoms with Crippen molar-refractivity contribution in [3.8, 4) is 5.75 Å². The van der Waals surface area contributed by atoms with Crippen molar-refractivity contribution >= 4 is 84.0 Å². The van der Waals surface area contributed by atoms with E-state index < -0.39 is 5.97 Å². The van der Waals surface area contributed by atoms with Crippen LogP contribution in [-0.2, 0) is 16.1 Å². The number of carbonyl (C=O) groups is 1. The molecule has 0 saturated heterocycles. The van der Waals surface area contributed by atoms with Gasteiger partial charge in [0.2, 0.25) is 5.90 Å². The van der Waals surface area contributed by atoms with Gasteiger partial charge in [0.15, 0.2) is 5.70 Å². The lowest BCUT2D eigenvalue weighted by molar-refractivity contribution is -0.129. The molecule has 0 saturated carbocycles. The van der Waals surface area contributed by atoms with Crippen LogP contribution in [0.5, 0.6) is 5.75 Å². The fourth-order valence-corrected chi connectivity index (χ4v) is 5.24. The van der Waals surface area contributed by atoms with Crippen LogP contribution >= 0.6 is 66.1 Å². The first-order chi connectivity index (χ1) is 15.3. The zero-order chi connectivity index (χ0) is 22.8. The minimum absolute atomic E-state index is 0.195. The minimum Gasteiger partial charge on any atom is -0.487 e. The van der Waals surface area contributed by atoms with Crippen LogP contribution in [-0.4, -0.2) is 11.9 Å². The molecule has 0 radical (unpaired) electrons. The lowest BCUT2D eigenvalue weighted by Gasteiger charge is -2.12. The summed E-state index contributed by atoms with van der Waals surface area (Å²) in [6.45, 7) is 2.49. The number of carbonyl (C=O) groups excluding carboxylic acids is 1. The minimum atomic E-state index is -0.526. The lowest BCUT2D eigenvalue weighted by Crippen LogP contribution is -2.06. The fourth-order valence-electron chi connectivity index (χ4n) is 3.10. The molecule has 4 rings (SSSR count). The molecule has 162 valence electrons. The Morgan fingerprint density at radius 3 is 2.59 bits per heavy atom. The van der Waals surface area contributed by atoms with Gasteiger partial charge in [-0.3, -0.25) is 0 Å². The lowest BCUT2D eigenvalue weighted by atomic mass is 10.1. The van der Waals surface area contributed by atoms with Crippen LogP contribution in [0.15, 0.2) is 74.2 Å². The van der Waals surface area contributed by atoms with E-state index in [1.165, 1.54) is 5.56 Å². The highest BCUT2D eigenvalue weighted by Crippen LogP contribution is 2.36. The Hall–Kier alpha value is -1.68. The average Bonchev–Trinajstić information content (AvgIpc) is 3.09. The van der Waals surface area contributed by atoms with E-state index in [-0.39, 0.29) is 11.6 Å². The predicted octanol–water partition coefficient (Wildman–Crippen LogP) is 7.70. The van der Waals surface area contributed by atoms with Crippen molar-refractivity contribution in [1.82, 2.24) is 0 Å². The smallest absolute Gasteiger partial charge is 0.363 e. The number of aliphatic imine (C=N–C) groups is 1. The molecular weight excluding hydrogens is 672 g/mol. The molecule has 8 heteroatoms. The van der Waals surface area contributed by atoms with Crippen molar-refractivity contribution in [1.29, 1.82) is 0 Å². The van der Waals surface area contributed by atoms with Gasteiger partial charge in [0, 0.05) is 3.57 Å². The highest BCUT2D eigenvalue weighted by molar-refractivity contribution is 14.1. The van der Waals surface area contributed by atoms with Crippen LogP contribution in [0.4, 0.5) is 0 Å². The summed E-state index contributed by atoms with van der Waals surface area (Å²) < 4.78 is 13.8. The standard InChI is InChI=1S/C24H15Br2ClINO3/c1-13-3-2-4-14(7-13)12-31-22-18(25)8-15(9-19(22)26)10-21-24(30)32-23(29-21)17-11-16(28)5-6-20(17)27/h2-11H,12H2,1H3/b21-10-. The molecule has 32 heavy (non-hydrogen) atoms. The number of halogens is 4. The third-order valence-electron chi connectivity index (χ3n) is 4.57. The molecule has 3 aromatic carbocycles.